The molecule has 1 aliphatic rings. The van der Waals surface area contributed by atoms with E-state index in [4.69, 9.17) is 9.47 Å². The summed E-state index contributed by atoms with van der Waals surface area (Å²) in [5.41, 5.74) is 1.79. The molecule has 3 rings (SSSR count). The SMILES string of the molecule is CO[C@]1(COc2cccc(C)c2)CCN(C(=O)c2ccc(C)nn2)C1. The molecule has 1 aromatic heterocycles. The molecule has 0 bridgehead atoms. The number of amides is 1. The molecule has 1 atom stereocenters. The predicted molar refractivity (Wildman–Crippen MR) is 93.7 cm³/mol. The van der Waals surface area contributed by atoms with Gasteiger partial charge < -0.3 is 14.4 Å². The fourth-order valence-corrected chi connectivity index (χ4v) is 2.96. The maximum Gasteiger partial charge on any atom is 0.274 e. The molecule has 1 fully saturated rings. The van der Waals surface area contributed by atoms with Gasteiger partial charge in [-0.15, -0.1) is 5.10 Å². The zero-order valence-corrected chi connectivity index (χ0v) is 14.9. The second-order valence-corrected chi connectivity index (χ2v) is 6.53. The van der Waals surface area contributed by atoms with Crippen LogP contribution in [0.25, 0.3) is 0 Å². The van der Waals surface area contributed by atoms with Gasteiger partial charge in [-0.1, -0.05) is 12.1 Å². The first-order valence-electron chi connectivity index (χ1n) is 8.36. The number of carbonyl (C=O) groups is 1. The second-order valence-electron chi connectivity index (χ2n) is 6.53. The van der Waals surface area contributed by atoms with E-state index in [-0.39, 0.29) is 5.91 Å². The summed E-state index contributed by atoms with van der Waals surface area (Å²) in [6.45, 7) is 5.35. The summed E-state index contributed by atoms with van der Waals surface area (Å²) in [5, 5.41) is 7.95. The Bertz CT molecular complexity index is 748. The number of carbonyl (C=O) groups excluding carboxylic acids is 1. The number of ether oxygens (including phenoxy) is 2. The Kier molecular flexibility index (Phi) is 4.99. The smallest absolute Gasteiger partial charge is 0.274 e. The van der Waals surface area contributed by atoms with Crippen molar-refractivity contribution in [3.8, 4) is 5.75 Å². The molecule has 2 heterocycles. The molecule has 0 aliphatic carbocycles. The Morgan fingerprint density at radius 2 is 2.08 bits per heavy atom. The number of aryl methyl sites for hydroxylation is 2. The van der Waals surface area contributed by atoms with Gasteiger partial charge in [0, 0.05) is 13.7 Å². The van der Waals surface area contributed by atoms with Crippen LogP contribution in [-0.4, -0.2) is 53.4 Å². The lowest BCUT2D eigenvalue weighted by atomic mass is 10.0. The van der Waals surface area contributed by atoms with Gasteiger partial charge in [0.15, 0.2) is 5.69 Å². The van der Waals surface area contributed by atoms with Crippen molar-refractivity contribution in [1.29, 1.82) is 0 Å². The zero-order valence-electron chi connectivity index (χ0n) is 14.9. The highest BCUT2D eigenvalue weighted by atomic mass is 16.5. The van der Waals surface area contributed by atoms with Gasteiger partial charge in [0.1, 0.15) is 18.0 Å². The van der Waals surface area contributed by atoms with Crippen LogP contribution in [0, 0.1) is 13.8 Å². The van der Waals surface area contributed by atoms with Crippen molar-refractivity contribution in [3.63, 3.8) is 0 Å². The van der Waals surface area contributed by atoms with Gasteiger partial charge in [0.25, 0.3) is 5.91 Å². The summed E-state index contributed by atoms with van der Waals surface area (Å²) in [6, 6.07) is 11.4. The van der Waals surface area contributed by atoms with Crippen LogP contribution in [-0.2, 0) is 4.74 Å². The summed E-state index contributed by atoms with van der Waals surface area (Å²) in [6.07, 6.45) is 0.723. The molecule has 1 amide bonds. The van der Waals surface area contributed by atoms with Crippen LogP contribution in [0.2, 0.25) is 0 Å². The van der Waals surface area contributed by atoms with E-state index in [1.54, 1.807) is 24.1 Å². The van der Waals surface area contributed by atoms with Gasteiger partial charge in [-0.25, -0.2) is 0 Å². The third-order valence-electron chi connectivity index (χ3n) is 4.54. The molecule has 0 spiro atoms. The number of hydrogen-bond acceptors (Lipinski definition) is 5. The van der Waals surface area contributed by atoms with E-state index in [0.717, 1.165) is 23.4 Å². The quantitative estimate of drug-likeness (QED) is 0.835. The van der Waals surface area contributed by atoms with Gasteiger partial charge in [-0.05, 0) is 50.1 Å². The predicted octanol–water partition coefficient (Wildman–Crippen LogP) is 2.40. The monoisotopic (exact) mass is 341 g/mol. The molecule has 6 nitrogen and oxygen atoms in total. The Morgan fingerprint density at radius 3 is 2.76 bits per heavy atom. The summed E-state index contributed by atoms with van der Waals surface area (Å²) in [5.74, 6) is 0.688. The normalized spacial score (nSPS) is 19.9. The van der Waals surface area contributed by atoms with E-state index in [2.05, 4.69) is 10.2 Å². The summed E-state index contributed by atoms with van der Waals surface area (Å²) < 4.78 is 11.7. The second kappa shape index (κ2) is 7.19. The number of rotatable bonds is 5. The van der Waals surface area contributed by atoms with Crippen LogP contribution >= 0.6 is 0 Å². The third kappa shape index (κ3) is 3.96. The van der Waals surface area contributed by atoms with Gasteiger partial charge in [0.05, 0.1) is 12.2 Å². The Labute approximate surface area is 147 Å². The van der Waals surface area contributed by atoms with Crippen molar-refractivity contribution in [2.24, 2.45) is 0 Å². The maximum absolute atomic E-state index is 12.6. The minimum atomic E-state index is -0.502. The number of methoxy groups -OCH3 is 1. The molecule has 25 heavy (non-hydrogen) atoms. The van der Waals surface area contributed by atoms with Crippen molar-refractivity contribution < 1.29 is 14.3 Å². The molecule has 0 unspecified atom stereocenters. The van der Waals surface area contributed by atoms with Crippen molar-refractivity contribution in [1.82, 2.24) is 15.1 Å². The van der Waals surface area contributed by atoms with Crippen LogP contribution in [0.15, 0.2) is 36.4 Å². The molecule has 0 N–H and O–H groups in total. The Hall–Kier alpha value is -2.47. The lowest BCUT2D eigenvalue weighted by molar-refractivity contribution is -0.0343. The molecular weight excluding hydrogens is 318 g/mol. The lowest BCUT2D eigenvalue weighted by Gasteiger charge is -2.27. The minimum absolute atomic E-state index is 0.123. The molecule has 6 heteroatoms. The summed E-state index contributed by atoms with van der Waals surface area (Å²) >= 11 is 0. The van der Waals surface area contributed by atoms with E-state index in [1.165, 1.54) is 0 Å². The number of nitrogens with zero attached hydrogens (tertiary/aromatic N) is 3. The van der Waals surface area contributed by atoms with E-state index in [1.807, 2.05) is 38.1 Å². The Morgan fingerprint density at radius 1 is 1.24 bits per heavy atom. The molecule has 1 saturated heterocycles. The van der Waals surface area contributed by atoms with Crippen molar-refractivity contribution in [2.45, 2.75) is 25.9 Å². The first-order chi connectivity index (χ1) is 12.0. The minimum Gasteiger partial charge on any atom is -0.491 e. The van der Waals surface area contributed by atoms with Gasteiger partial charge in [-0.2, -0.15) is 5.10 Å². The highest BCUT2D eigenvalue weighted by Crippen LogP contribution is 2.27. The van der Waals surface area contributed by atoms with Gasteiger partial charge in [0.2, 0.25) is 0 Å². The fourth-order valence-electron chi connectivity index (χ4n) is 2.96. The van der Waals surface area contributed by atoms with Gasteiger partial charge >= 0.3 is 0 Å². The van der Waals surface area contributed by atoms with Crippen LogP contribution < -0.4 is 4.74 Å². The average molecular weight is 341 g/mol. The first-order valence-corrected chi connectivity index (χ1v) is 8.36. The highest BCUT2D eigenvalue weighted by molar-refractivity contribution is 5.92. The summed E-state index contributed by atoms with van der Waals surface area (Å²) in [7, 11) is 1.67. The number of hydrogen-bond donors (Lipinski definition) is 0. The van der Waals surface area contributed by atoms with E-state index >= 15 is 0 Å². The molecule has 2 aromatic rings. The maximum atomic E-state index is 12.6. The van der Waals surface area contributed by atoms with E-state index < -0.39 is 5.60 Å². The van der Waals surface area contributed by atoms with E-state index in [9.17, 15) is 4.79 Å². The highest BCUT2D eigenvalue weighted by Gasteiger charge is 2.41. The largest absolute Gasteiger partial charge is 0.491 e. The van der Waals surface area contributed by atoms with Crippen LogP contribution in [0.4, 0.5) is 0 Å². The molecule has 1 aliphatic heterocycles. The summed E-state index contributed by atoms with van der Waals surface area (Å²) in [4.78, 5) is 14.4. The first kappa shape index (κ1) is 17.4. The van der Waals surface area contributed by atoms with Crippen LogP contribution in [0.3, 0.4) is 0 Å². The number of benzene rings is 1. The molecule has 0 radical (unpaired) electrons. The Balaban J connectivity index is 1.65. The van der Waals surface area contributed by atoms with Crippen molar-refractivity contribution >= 4 is 5.91 Å². The topological polar surface area (TPSA) is 64.6 Å². The number of likely N-dealkylation sites (tertiary alicyclic amines) is 1. The van der Waals surface area contributed by atoms with Crippen LogP contribution in [0.1, 0.15) is 28.2 Å². The average Bonchev–Trinajstić information content (AvgIpc) is 3.05. The number of aromatic nitrogens is 2. The van der Waals surface area contributed by atoms with Crippen LogP contribution in [0.5, 0.6) is 5.75 Å². The zero-order chi connectivity index (χ0) is 17.9. The fraction of sp³-hybridized carbons (Fsp3) is 0.421. The van der Waals surface area contributed by atoms with Crippen molar-refractivity contribution in [3.05, 3.63) is 53.3 Å². The molecule has 132 valence electrons. The molecular formula is C19H23N3O3. The lowest BCUT2D eigenvalue weighted by Crippen LogP contribution is -2.42. The van der Waals surface area contributed by atoms with Gasteiger partial charge in [-0.3, -0.25) is 4.79 Å². The van der Waals surface area contributed by atoms with E-state index in [0.29, 0.717) is 25.4 Å². The molecule has 0 saturated carbocycles. The standard InChI is InChI=1S/C19H23N3O3/c1-14-5-4-6-16(11-14)25-13-19(24-3)9-10-22(12-19)18(23)17-8-7-15(2)20-21-17/h4-8,11H,9-10,12-13H2,1-3H3/t19-/m1/s1. The molecule has 1 aromatic carbocycles. The third-order valence-corrected chi connectivity index (χ3v) is 4.54. The van der Waals surface area contributed by atoms with Crippen molar-refractivity contribution in [2.75, 3.05) is 26.8 Å².